The van der Waals surface area contributed by atoms with E-state index in [0.29, 0.717) is 13.3 Å². The molecule has 1 atom stereocenters. The van der Waals surface area contributed by atoms with Crippen molar-refractivity contribution in [2.75, 3.05) is 37.7 Å². The Morgan fingerprint density at radius 3 is 2.63 bits per heavy atom. The van der Waals surface area contributed by atoms with Crippen molar-refractivity contribution >= 4 is 33.2 Å². The van der Waals surface area contributed by atoms with Gasteiger partial charge in [-0.2, -0.15) is 0 Å². The number of hydrogen-bond donors (Lipinski definition) is 1. The van der Waals surface area contributed by atoms with Crippen LogP contribution in [0.3, 0.4) is 0 Å². The molecular formula is C35H44N4O3S. The lowest BCUT2D eigenvalue weighted by Crippen LogP contribution is -2.43. The summed E-state index contributed by atoms with van der Waals surface area (Å²) in [6, 6.07) is 17.1. The first-order valence-corrected chi connectivity index (χ1v) is 17.7. The molecule has 1 unspecified atom stereocenters. The second kappa shape index (κ2) is 12.2. The van der Waals surface area contributed by atoms with Gasteiger partial charge < -0.3 is 19.4 Å². The largest absolute Gasteiger partial charge is 0.444 e. The van der Waals surface area contributed by atoms with Crippen LogP contribution in [0.4, 0.5) is 4.79 Å². The highest BCUT2D eigenvalue weighted by atomic mass is 32.3. The zero-order valence-corrected chi connectivity index (χ0v) is 27.1. The van der Waals surface area contributed by atoms with Gasteiger partial charge in [0.25, 0.3) is 0 Å². The summed E-state index contributed by atoms with van der Waals surface area (Å²) >= 11 is 0. The van der Waals surface area contributed by atoms with Crippen molar-refractivity contribution < 1.29 is 14.3 Å². The third-order valence-corrected chi connectivity index (χ3v) is 9.26. The van der Waals surface area contributed by atoms with Crippen LogP contribution in [0.15, 0.2) is 67.6 Å². The first kappa shape index (κ1) is 30.8. The number of alkyl carbamates (subject to hydrolysis) is 1. The topological polar surface area (TPSA) is 78.3 Å². The Kier molecular flexibility index (Phi) is 8.72. The minimum atomic E-state index is -0.599. The number of amides is 1. The van der Waals surface area contributed by atoms with Crippen LogP contribution in [0.2, 0.25) is 0 Å². The number of carbonyl (C=O) groups is 1. The molecule has 7 nitrogen and oxygen atoms in total. The van der Waals surface area contributed by atoms with Gasteiger partial charge >= 0.3 is 6.09 Å². The van der Waals surface area contributed by atoms with Crippen LogP contribution >= 0.6 is 10.0 Å². The highest BCUT2D eigenvalue weighted by Gasteiger charge is 2.40. The second-order valence-corrected chi connectivity index (χ2v) is 18.0. The number of nitrogens with zero attached hydrogens (tertiary/aromatic N) is 3. The minimum absolute atomic E-state index is 0.337. The lowest BCUT2D eigenvalue weighted by Gasteiger charge is -2.31. The van der Waals surface area contributed by atoms with E-state index in [1.807, 2.05) is 37.6 Å². The van der Waals surface area contributed by atoms with Crippen molar-refractivity contribution in [2.45, 2.75) is 51.4 Å². The Labute approximate surface area is 257 Å². The Morgan fingerprint density at radius 1 is 1.09 bits per heavy atom. The molecule has 2 aromatic heterocycles. The van der Waals surface area contributed by atoms with Gasteiger partial charge in [-0.1, -0.05) is 49.1 Å². The molecule has 0 saturated heterocycles. The quantitative estimate of drug-likeness (QED) is 0.199. The molecule has 0 fully saturated rings. The Hall–Kier alpha value is -3.62. The van der Waals surface area contributed by atoms with Gasteiger partial charge in [0.1, 0.15) is 24.3 Å². The van der Waals surface area contributed by atoms with Crippen molar-refractivity contribution in [2.24, 2.45) is 0 Å². The Bertz CT molecular complexity index is 1630. The van der Waals surface area contributed by atoms with Crippen molar-refractivity contribution in [3.63, 3.8) is 0 Å². The van der Waals surface area contributed by atoms with Gasteiger partial charge in [0.2, 0.25) is 0 Å². The van der Waals surface area contributed by atoms with Crippen LogP contribution in [0, 0.1) is 0 Å². The van der Waals surface area contributed by atoms with Crippen molar-refractivity contribution in [3.8, 4) is 11.3 Å². The van der Waals surface area contributed by atoms with E-state index in [0.717, 1.165) is 58.6 Å². The van der Waals surface area contributed by atoms with Crippen LogP contribution in [-0.2, 0) is 34.5 Å². The standard InChI is InChI=1S/C35H44N4O3S/c1-8-25-12-13-27-20-35(21-28(27)18-25,22-36-33(40)42-34(2,3)4)29-11-9-10-26(19-29)31-30-14-15-39(32(30)38-23-37-31)24-41-16-17-43(5,6)7/h8-15,18-19,23H,1,16-17,20-22,24H2,2-7H3,(H,36,40). The lowest BCUT2D eigenvalue weighted by molar-refractivity contribution is 0.0514. The average molecular weight is 601 g/mol. The van der Waals surface area contributed by atoms with E-state index in [2.05, 4.69) is 84.2 Å². The average Bonchev–Trinajstić information content (AvgIpc) is 3.54. The molecule has 0 aliphatic heterocycles. The smallest absolute Gasteiger partial charge is 0.407 e. The van der Waals surface area contributed by atoms with Gasteiger partial charge in [-0.25, -0.2) is 24.8 Å². The van der Waals surface area contributed by atoms with E-state index in [1.165, 1.54) is 11.1 Å². The maximum absolute atomic E-state index is 12.8. The molecule has 0 saturated carbocycles. The number of ether oxygens (including phenoxy) is 2. The lowest BCUT2D eigenvalue weighted by atomic mass is 9.77. The number of rotatable bonds is 10. The van der Waals surface area contributed by atoms with E-state index in [1.54, 1.807) is 6.33 Å². The summed E-state index contributed by atoms with van der Waals surface area (Å²) in [4.78, 5) is 22.1. The molecular weight excluding hydrogens is 556 g/mol. The van der Waals surface area contributed by atoms with Gasteiger partial charge in [0, 0.05) is 34.9 Å². The normalized spacial score (nSPS) is 17.1. The number of aromatic nitrogens is 3. The first-order valence-electron chi connectivity index (χ1n) is 14.7. The first-order chi connectivity index (χ1) is 20.4. The van der Waals surface area contributed by atoms with Crippen LogP contribution < -0.4 is 5.32 Å². The fourth-order valence-electron chi connectivity index (χ4n) is 5.69. The Morgan fingerprint density at radius 2 is 1.88 bits per heavy atom. The number of carbonyl (C=O) groups excluding carboxylic acids is 1. The summed E-state index contributed by atoms with van der Waals surface area (Å²) in [6.45, 7) is 11.2. The molecule has 1 N–H and O–H groups in total. The van der Waals surface area contributed by atoms with E-state index in [-0.39, 0.29) is 5.41 Å². The number of hydrogen-bond acceptors (Lipinski definition) is 5. The monoisotopic (exact) mass is 600 g/mol. The van der Waals surface area contributed by atoms with Gasteiger partial charge in [0.15, 0.2) is 0 Å². The highest BCUT2D eigenvalue weighted by Crippen LogP contribution is 2.41. The van der Waals surface area contributed by atoms with Crippen LogP contribution in [0.25, 0.3) is 28.4 Å². The molecule has 228 valence electrons. The number of nitrogens with one attached hydrogen (secondary N) is 1. The number of benzene rings is 2. The van der Waals surface area contributed by atoms with Crippen LogP contribution in [-0.4, -0.2) is 63.9 Å². The predicted molar refractivity (Wildman–Crippen MR) is 179 cm³/mol. The van der Waals surface area contributed by atoms with E-state index < -0.39 is 21.7 Å². The molecule has 0 bridgehead atoms. The number of fused-ring (bicyclic) bond motifs is 2. The maximum Gasteiger partial charge on any atom is 0.407 e. The molecule has 4 aromatic rings. The zero-order valence-electron chi connectivity index (χ0n) is 26.3. The highest BCUT2D eigenvalue weighted by molar-refractivity contribution is 8.32. The molecule has 1 aliphatic rings. The van der Waals surface area contributed by atoms with Crippen LogP contribution in [0.1, 0.15) is 43.0 Å². The van der Waals surface area contributed by atoms with Gasteiger partial charge in [-0.15, -0.1) is 0 Å². The van der Waals surface area contributed by atoms with Crippen LogP contribution in [0.5, 0.6) is 0 Å². The zero-order chi connectivity index (χ0) is 30.8. The summed E-state index contributed by atoms with van der Waals surface area (Å²) in [7, 11) is -0.599. The summed E-state index contributed by atoms with van der Waals surface area (Å²) in [5, 5.41) is 4.07. The van der Waals surface area contributed by atoms with Gasteiger partial charge in [-0.3, -0.25) is 0 Å². The molecule has 0 radical (unpaired) electrons. The van der Waals surface area contributed by atoms with Crippen molar-refractivity contribution in [3.05, 3.63) is 89.9 Å². The molecule has 0 spiro atoms. The van der Waals surface area contributed by atoms with E-state index >= 15 is 0 Å². The molecule has 8 heteroatoms. The summed E-state index contributed by atoms with van der Waals surface area (Å²) in [5.41, 5.74) is 6.66. The molecule has 43 heavy (non-hydrogen) atoms. The summed E-state index contributed by atoms with van der Waals surface area (Å²) < 4.78 is 13.6. The molecule has 2 aromatic carbocycles. The summed E-state index contributed by atoms with van der Waals surface area (Å²) in [6.07, 6.45) is 13.6. The third kappa shape index (κ3) is 7.31. The Balaban J connectivity index is 1.45. The van der Waals surface area contributed by atoms with E-state index in [9.17, 15) is 4.79 Å². The minimum Gasteiger partial charge on any atom is -0.444 e. The van der Waals surface area contributed by atoms with Crippen molar-refractivity contribution in [1.82, 2.24) is 19.9 Å². The van der Waals surface area contributed by atoms with Crippen molar-refractivity contribution in [1.29, 1.82) is 0 Å². The van der Waals surface area contributed by atoms with E-state index in [4.69, 9.17) is 14.5 Å². The fraction of sp³-hybridized carbons (Fsp3) is 0.400. The third-order valence-electron chi connectivity index (χ3n) is 7.87. The molecule has 1 amide bonds. The van der Waals surface area contributed by atoms with Gasteiger partial charge in [-0.05, 0) is 86.8 Å². The second-order valence-electron chi connectivity index (χ2n) is 13.4. The molecule has 5 rings (SSSR count). The van der Waals surface area contributed by atoms with Gasteiger partial charge in [0.05, 0.1) is 12.3 Å². The summed E-state index contributed by atoms with van der Waals surface area (Å²) in [5.74, 6) is 1.07. The molecule has 1 aliphatic carbocycles. The molecule has 2 heterocycles. The fourth-order valence-corrected chi connectivity index (χ4v) is 6.31. The SMILES string of the molecule is C=Cc1ccc2c(c1)CC(CNC(=O)OC(C)(C)C)(c1cccc(-c3ncnc4c3ccn4COCCS(C)(C)C)c1)C2. The predicted octanol–water partition coefficient (Wildman–Crippen LogP) is 6.97. The maximum atomic E-state index is 12.8.